The van der Waals surface area contributed by atoms with E-state index in [9.17, 15) is 24.5 Å². The number of carboxylic acids is 2. The zero-order valence-corrected chi connectivity index (χ0v) is 13.3. The molecule has 10 heteroatoms. The van der Waals surface area contributed by atoms with Gasteiger partial charge in [-0.25, -0.2) is 9.59 Å². The lowest BCUT2D eigenvalue weighted by Crippen LogP contribution is -2.42. The van der Waals surface area contributed by atoms with E-state index in [2.05, 4.69) is 10.6 Å². The van der Waals surface area contributed by atoms with Gasteiger partial charge in [-0.1, -0.05) is 12.8 Å². The summed E-state index contributed by atoms with van der Waals surface area (Å²) in [5.74, 6) is -2.10. The molecule has 10 nitrogen and oxygen atoms in total. The minimum atomic E-state index is -1.20. The van der Waals surface area contributed by atoms with Gasteiger partial charge in [0.15, 0.2) is 0 Å². The van der Waals surface area contributed by atoms with Crippen molar-refractivity contribution >= 4 is 29.3 Å². The molecule has 0 bridgehead atoms. The molecule has 0 spiro atoms. The zero-order valence-electron chi connectivity index (χ0n) is 13.3. The van der Waals surface area contributed by atoms with Gasteiger partial charge in [-0.2, -0.15) is 0 Å². The summed E-state index contributed by atoms with van der Waals surface area (Å²) in [5, 5.41) is 32.9. The minimum absolute atomic E-state index is 0.0196. The highest BCUT2D eigenvalue weighted by atomic mass is 16.6. The summed E-state index contributed by atoms with van der Waals surface area (Å²) >= 11 is 0. The summed E-state index contributed by atoms with van der Waals surface area (Å²) in [7, 11) is 0. The summed E-state index contributed by atoms with van der Waals surface area (Å²) < 4.78 is 0. The first-order valence-electron chi connectivity index (χ1n) is 7.56. The Kier molecular flexibility index (Phi) is 7.83. The van der Waals surface area contributed by atoms with Crippen LogP contribution in [0.1, 0.15) is 32.1 Å². The van der Waals surface area contributed by atoms with Crippen molar-refractivity contribution < 1.29 is 29.5 Å². The molecule has 136 valence electrons. The quantitative estimate of drug-likeness (QED) is 0.285. The topological polar surface area (TPSA) is 159 Å². The highest BCUT2D eigenvalue weighted by Gasteiger charge is 2.19. The Labute approximate surface area is 143 Å². The Bertz CT molecular complexity index is 631. The van der Waals surface area contributed by atoms with Gasteiger partial charge in [0, 0.05) is 24.2 Å². The fourth-order valence-electron chi connectivity index (χ4n) is 2.05. The van der Waals surface area contributed by atoms with Crippen molar-refractivity contribution in [2.45, 2.75) is 38.1 Å². The molecule has 0 fully saturated rings. The number of nitro benzene ring substituents is 1. The molecule has 1 atom stereocenters. The standard InChI is InChI=1S/C15H19N3O7/c19-13(20)5-3-1-2-4-12(14(21)22)17-15(23)16-10-6-8-11(9-7-10)18(24)25/h6-9,12H,1-5H2,(H,19,20)(H,21,22)(H2,16,17,23). The number of hydrogen-bond donors (Lipinski definition) is 4. The summed E-state index contributed by atoms with van der Waals surface area (Å²) in [5.41, 5.74) is 0.157. The van der Waals surface area contributed by atoms with E-state index in [4.69, 9.17) is 10.2 Å². The van der Waals surface area contributed by atoms with E-state index in [0.29, 0.717) is 19.3 Å². The number of nitrogens with zero attached hydrogens (tertiary/aromatic N) is 1. The third kappa shape index (κ3) is 7.77. The number of amides is 2. The molecule has 0 aliphatic heterocycles. The number of non-ortho nitro benzene ring substituents is 1. The summed E-state index contributed by atoms with van der Waals surface area (Å²) in [6.07, 6.45) is 1.63. The highest BCUT2D eigenvalue weighted by Crippen LogP contribution is 2.15. The summed E-state index contributed by atoms with van der Waals surface area (Å²) in [6, 6.07) is 3.24. The van der Waals surface area contributed by atoms with E-state index in [0.717, 1.165) is 0 Å². The number of nitro groups is 1. The second kappa shape index (κ2) is 9.85. The highest BCUT2D eigenvalue weighted by molar-refractivity contribution is 5.92. The molecule has 0 aliphatic rings. The molecule has 4 N–H and O–H groups in total. The van der Waals surface area contributed by atoms with Crippen LogP contribution in [0.15, 0.2) is 24.3 Å². The number of hydrogen-bond acceptors (Lipinski definition) is 5. The van der Waals surface area contributed by atoms with Crippen LogP contribution in [-0.4, -0.2) is 39.1 Å². The van der Waals surface area contributed by atoms with Gasteiger partial charge in [0.05, 0.1) is 4.92 Å². The predicted molar refractivity (Wildman–Crippen MR) is 87.4 cm³/mol. The molecule has 1 unspecified atom stereocenters. The molecule has 0 saturated carbocycles. The maximum Gasteiger partial charge on any atom is 0.326 e. The smallest absolute Gasteiger partial charge is 0.326 e. The van der Waals surface area contributed by atoms with E-state index in [-0.39, 0.29) is 24.2 Å². The molecule has 0 radical (unpaired) electrons. The molecular formula is C15H19N3O7. The van der Waals surface area contributed by atoms with Crippen molar-refractivity contribution in [3.05, 3.63) is 34.4 Å². The first-order chi connectivity index (χ1) is 11.8. The number of carbonyl (C=O) groups is 3. The lowest BCUT2D eigenvalue weighted by Gasteiger charge is -2.15. The second-order valence-electron chi connectivity index (χ2n) is 5.29. The fraction of sp³-hybridized carbons (Fsp3) is 0.400. The zero-order chi connectivity index (χ0) is 18.8. The van der Waals surface area contributed by atoms with Crippen LogP contribution in [-0.2, 0) is 9.59 Å². The van der Waals surface area contributed by atoms with Crippen molar-refractivity contribution in [3.63, 3.8) is 0 Å². The SMILES string of the molecule is O=C(O)CCCCCC(NC(=O)Nc1ccc([N+](=O)[O-])cc1)C(=O)O. The fourth-order valence-corrected chi connectivity index (χ4v) is 2.05. The van der Waals surface area contributed by atoms with E-state index >= 15 is 0 Å². The Morgan fingerprint density at radius 3 is 2.24 bits per heavy atom. The molecule has 0 aromatic heterocycles. The lowest BCUT2D eigenvalue weighted by atomic mass is 10.1. The van der Waals surface area contributed by atoms with Crippen LogP contribution in [0.25, 0.3) is 0 Å². The number of anilines is 1. The first kappa shape index (κ1) is 19.9. The molecule has 2 amide bonds. The van der Waals surface area contributed by atoms with Gasteiger partial charge < -0.3 is 20.8 Å². The molecule has 25 heavy (non-hydrogen) atoms. The van der Waals surface area contributed by atoms with Crippen molar-refractivity contribution in [1.29, 1.82) is 0 Å². The number of nitrogens with one attached hydrogen (secondary N) is 2. The number of rotatable bonds is 10. The first-order valence-corrected chi connectivity index (χ1v) is 7.56. The minimum Gasteiger partial charge on any atom is -0.481 e. The van der Waals surface area contributed by atoms with Crippen LogP contribution in [0.4, 0.5) is 16.2 Å². The van der Waals surface area contributed by atoms with Gasteiger partial charge in [-0.05, 0) is 25.0 Å². The van der Waals surface area contributed by atoms with Crippen LogP contribution in [0.3, 0.4) is 0 Å². The van der Waals surface area contributed by atoms with Crippen LogP contribution >= 0.6 is 0 Å². The monoisotopic (exact) mass is 353 g/mol. The number of urea groups is 1. The normalized spacial score (nSPS) is 11.4. The molecule has 0 aliphatic carbocycles. The molecular weight excluding hydrogens is 334 g/mol. The Morgan fingerprint density at radius 1 is 1.08 bits per heavy atom. The van der Waals surface area contributed by atoms with Crippen LogP contribution < -0.4 is 10.6 Å². The third-order valence-electron chi connectivity index (χ3n) is 3.32. The van der Waals surface area contributed by atoms with E-state index in [1.807, 2.05) is 0 Å². The number of carboxylic acid groups (broad SMARTS) is 2. The predicted octanol–water partition coefficient (Wildman–Crippen LogP) is 2.20. The van der Waals surface area contributed by atoms with Crippen molar-refractivity contribution in [3.8, 4) is 0 Å². The molecule has 1 rings (SSSR count). The summed E-state index contributed by atoms with van der Waals surface area (Å²) in [6.45, 7) is 0. The van der Waals surface area contributed by atoms with Gasteiger partial charge >= 0.3 is 18.0 Å². The van der Waals surface area contributed by atoms with Gasteiger partial charge in [-0.15, -0.1) is 0 Å². The third-order valence-corrected chi connectivity index (χ3v) is 3.32. The van der Waals surface area contributed by atoms with Crippen LogP contribution in [0.2, 0.25) is 0 Å². The van der Waals surface area contributed by atoms with Gasteiger partial charge in [0.1, 0.15) is 6.04 Å². The second-order valence-corrected chi connectivity index (χ2v) is 5.29. The largest absolute Gasteiger partial charge is 0.481 e. The molecule has 0 heterocycles. The Hall–Kier alpha value is -3.17. The average molecular weight is 353 g/mol. The van der Waals surface area contributed by atoms with E-state index < -0.39 is 28.9 Å². The number of benzene rings is 1. The maximum absolute atomic E-state index is 11.8. The maximum atomic E-state index is 11.8. The van der Waals surface area contributed by atoms with E-state index in [1.165, 1.54) is 24.3 Å². The number of aliphatic carboxylic acids is 2. The van der Waals surface area contributed by atoms with Gasteiger partial charge in [-0.3, -0.25) is 14.9 Å². The number of carbonyl (C=O) groups excluding carboxylic acids is 1. The number of unbranched alkanes of at least 4 members (excludes halogenated alkanes) is 2. The lowest BCUT2D eigenvalue weighted by molar-refractivity contribution is -0.384. The average Bonchev–Trinajstić information content (AvgIpc) is 2.53. The van der Waals surface area contributed by atoms with Crippen LogP contribution in [0.5, 0.6) is 0 Å². The van der Waals surface area contributed by atoms with Gasteiger partial charge in [0.25, 0.3) is 5.69 Å². The molecule has 0 saturated heterocycles. The Morgan fingerprint density at radius 2 is 1.72 bits per heavy atom. The van der Waals surface area contributed by atoms with Crippen molar-refractivity contribution in [2.24, 2.45) is 0 Å². The van der Waals surface area contributed by atoms with Crippen LogP contribution in [0, 0.1) is 10.1 Å². The molecule has 1 aromatic rings. The Balaban J connectivity index is 2.46. The summed E-state index contributed by atoms with van der Waals surface area (Å²) in [4.78, 5) is 43.4. The van der Waals surface area contributed by atoms with Crippen molar-refractivity contribution in [1.82, 2.24) is 5.32 Å². The van der Waals surface area contributed by atoms with E-state index in [1.54, 1.807) is 0 Å². The molecule has 1 aromatic carbocycles. The van der Waals surface area contributed by atoms with Crippen molar-refractivity contribution in [2.75, 3.05) is 5.32 Å². The van der Waals surface area contributed by atoms with Gasteiger partial charge in [0.2, 0.25) is 0 Å².